The van der Waals surface area contributed by atoms with Gasteiger partial charge in [0.15, 0.2) is 0 Å². The molecule has 0 heterocycles. The minimum absolute atomic E-state index is 0.144. The summed E-state index contributed by atoms with van der Waals surface area (Å²) < 4.78 is 0. The van der Waals surface area contributed by atoms with Gasteiger partial charge in [-0.2, -0.15) is 0 Å². The highest BCUT2D eigenvalue weighted by Gasteiger charge is 2.26. The van der Waals surface area contributed by atoms with Crippen LogP contribution in [-0.2, 0) is 4.79 Å². The monoisotopic (exact) mass is 247 g/mol. The van der Waals surface area contributed by atoms with Crippen LogP contribution in [0.5, 0.6) is 0 Å². The van der Waals surface area contributed by atoms with Gasteiger partial charge in [0.1, 0.15) is 6.04 Å². The minimum Gasteiger partial charge on any atom is -0.399 e. The first kappa shape index (κ1) is 12.4. The Bertz CT molecular complexity index is 469. The second kappa shape index (κ2) is 5.08. The molecular formula is C13H17N3O2. The quantitative estimate of drug-likeness (QED) is 0.683. The van der Waals surface area contributed by atoms with Crippen LogP contribution in [0, 0.1) is 0 Å². The Morgan fingerprint density at radius 3 is 2.72 bits per heavy atom. The number of carbonyl (C=O) groups is 2. The largest absolute Gasteiger partial charge is 0.399 e. The Labute approximate surface area is 106 Å². The highest BCUT2D eigenvalue weighted by Crippen LogP contribution is 2.18. The van der Waals surface area contributed by atoms with Gasteiger partial charge in [0, 0.05) is 17.3 Å². The van der Waals surface area contributed by atoms with E-state index in [0.717, 1.165) is 12.8 Å². The average Bonchev–Trinajstić information content (AvgIpc) is 3.12. The van der Waals surface area contributed by atoms with Crippen molar-refractivity contribution in [2.75, 3.05) is 5.73 Å². The van der Waals surface area contributed by atoms with Gasteiger partial charge in [-0.25, -0.2) is 0 Å². The molecule has 1 aliphatic rings. The normalized spacial score (nSPS) is 15.8. The molecule has 0 saturated heterocycles. The molecule has 5 heteroatoms. The van der Waals surface area contributed by atoms with Crippen LogP contribution in [0.15, 0.2) is 24.3 Å². The molecule has 4 N–H and O–H groups in total. The van der Waals surface area contributed by atoms with Crippen LogP contribution in [0.3, 0.4) is 0 Å². The van der Waals surface area contributed by atoms with Gasteiger partial charge < -0.3 is 16.4 Å². The molecule has 1 aromatic rings. The van der Waals surface area contributed by atoms with Gasteiger partial charge in [0.25, 0.3) is 5.91 Å². The standard InChI is InChI=1S/C13H17N3O2/c1-8(12(17)16-11-5-6-11)15-13(18)9-3-2-4-10(14)7-9/h2-4,7-8,11H,5-6,14H2,1H3,(H,15,18)(H,16,17). The molecule has 96 valence electrons. The van der Waals surface area contributed by atoms with Crippen molar-refractivity contribution in [2.45, 2.75) is 31.8 Å². The van der Waals surface area contributed by atoms with Crippen LogP contribution < -0.4 is 16.4 Å². The smallest absolute Gasteiger partial charge is 0.251 e. The third kappa shape index (κ3) is 3.23. The highest BCUT2D eigenvalue weighted by atomic mass is 16.2. The molecule has 1 fully saturated rings. The fourth-order valence-electron chi connectivity index (χ4n) is 1.58. The molecule has 0 aliphatic heterocycles. The van der Waals surface area contributed by atoms with Crippen LogP contribution >= 0.6 is 0 Å². The van der Waals surface area contributed by atoms with Gasteiger partial charge in [0.05, 0.1) is 0 Å². The Morgan fingerprint density at radius 1 is 1.39 bits per heavy atom. The summed E-state index contributed by atoms with van der Waals surface area (Å²) >= 11 is 0. The number of carbonyl (C=O) groups excluding carboxylic acids is 2. The lowest BCUT2D eigenvalue weighted by molar-refractivity contribution is -0.122. The van der Waals surface area contributed by atoms with Gasteiger partial charge in [-0.1, -0.05) is 6.07 Å². The zero-order chi connectivity index (χ0) is 13.1. The molecule has 0 radical (unpaired) electrons. The molecule has 5 nitrogen and oxygen atoms in total. The fourth-order valence-corrected chi connectivity index (χ4v) is 1.58. The zero-order valence-electron chi connectivity index (χ0n) is 10.3. The maximum atomic E-state index is 11.9. The molecule has 1 saturated carbocycles. The molecular weight excluding hydrogens is 230 g/mol. The van der Waals surface area contributed by atoms with E-state index in [0.29, 0.717) is 17.3 Å². The molecule has 1 aliphatic carbocycles. The molecule has 18 heavy (non-hydrogen) atoms. The first-order chi connectivity index (χ1) is 8.56. The maximum absolute atomic E-state index is 11.9. The Hall–Kier alpha value is -2.04. The van der Waals surface area contributed by atoms with E-state index in [1.54, 1.807) is 31.2 Å². The summed E-state index contributed by atoms with van der Waals surface area (Å²) in [5, 5.41) is 5.49. The van der Waals surface area contributed by atoms with E-state index in [9.17, 15) is 9.59 Å². The van der Waals surface area contributed by atoms with Crippen molar-refractivity contribution < 1.29 is 9.59 Å². The summed E-state index contributed by atoms with van der Waals surface area (Å²) in [4.78, 5) is 23.5. The molecule has 1 atom stereocenters. The van der Waals surface area contributed by atoms with Crippen molar-refractivity contribution in [1.82, 2.24) is 10.6 Å². The van der Waals surface area contributed by atoms with E-state index < -0.39 is 6.04 Å². The first-order valence-corrected chi connectivity index (χ1v) is 6.03. The van der Waals surface area contributed by atoms with Crippen molar-refractivity contribution >= 4 is 17.5 Å². The van der Waals surface area contributed by atoms with Gasteiger partial charge in [-0.15, -0.1) is 0 Å². The van der Waals surface area contributed by atoms with E-state index in [2.05, 4.69) is 10.6 Å². The summed E-state index contributed by atoms with van der Waals surface area (Å²) in [6, 6.07) is 6.42. The van der Waals surface area contributed by atoms with E-state index in [1.165, 1.54) is 0 Å². The molecule has 0 bridgehead atoms. The SMILES string of the molecule is CC(NC(=O)c1cccc(N)c1)C(=O)NC1CC1. The van der Waals surface area contributed by atoms with Crippen molar-refractivity contribution in [2.24, 2.45) is 0 Å². The summed E-state index contributed by atoms with van der Waals surface area (Å²) in [6.07, 6.45) is 2.06. The van der Waals surface area contributed by atoms with Gasteiger partial charge in [0.2, 0.25) is 5.91 Å². The summed E-state index contributed by atoms with van der Waals surface area (Å²) in [7, 11) is 0. The van der Waals surface area contributed by atoms with Gasteiger partial charge in [-0.3, -0.25) is 9.59 Å². The predicted octanol–water partition coefficient (Wildman–Crippen LogP) is 0.666. The van der Waals surface area contributed by atoms with Crippen LogP contribution in [0.4, 0.5) is 5.69 Å². The second-order valence-electron chi connectivity index (χ2n) is 4.60. The predicted molar refractivity (Wildman–Crippen MR) is 68.9 cm³/mol. The summed E-state index contributed by atoms with van der Waals surface area (Å²) in [6.45, 7) is 1.67. The number of hydrogen-bond acceptors (Lipinski definition) is 3. The number of rotatable bonds is 4. The van der Waals surface area contributed by atoms with Gasteiger partial charge in [-0.05, 0) is 38.0 Å². The van der Waals surface area contributed by atoms with Crippen LogP contribution in [0.1, 0.15) is 30.1 Å². The second-order valence-corrected chi connectivity index (χ2v) is 4.60. The number of anilines is 1. The van der Waals surface area contributed by atoms with Crippen molar-refractivity contribution in [3.8, 4) is 0 Å². The molecule has 2 rings (SSSR count). The van der Waals surface area contributed by atoms with E-state index >= 15 is 0 Å². The number of nitrogens with one attached hydrogen (secondary N) is 2. The topological polar surface area (TPSA) is 84.2 Å². The lowest BCUT2D eigenvalue weighted by Crippen LogP contribution is -2.45. The molecule has 1 aromatic carbocycles. The lowest BCUT2D eigenvalue weighted by atomic mass is 10.2. The number of nitrogen functional groups attached to an aromatic ring is 1. The Balaban J connectivity index is 1.91. The average molecular weight is 247 g/mol. The molecule has 1 unspecified atom stereocenters. The van der Waals surface area contributed by atoms with Crippen LogP contribution in [0.25, 0.3) is 0 Å². The summed E-state index contributed by atoms with van der Waals surface area (Å²) in [5.41, 5.74) is 6.59. The molecule has 2 amide bonds. The highest BCUT2D eigenvalue weighted by molar-refractivity contribution is 5.98. The maximum Gasteiger partial charge on any atom is 0.251 e. The third-order valence-corrected chi connectivity index (χ3v) is 2.81. The van der Waals surface area contributed by atoms with Crippen LogP contribution in [0.2, 0.25) is 0 Å². The first-order valence-electron chi connectivity index (χ1n) is 6.03. The van der Waals surface area contributed by atoms with Gasteiger partial charge >= 0.3 is 0 Å². The van der Waals surface area contributed by atoms with Crippen molar-refractivity contribution in [1.29, 1.82) is 0 Å². The molecule has 0 aromatic heterocycles. The lowest BCUT2D eigenvalue weighted by Gasteiger charge is -2.13. The Kier molecular flexibility index (Phi) is 3.50. The number of hydrogen-bond donors (Lipinski definition) is 3. The van der Waals surface area contributed by atoms with E-state index in [4.69, 9.17) is 5.73 Å². The third-order valence-electron chi connectivity index (χ3n) is 2.81. The molecule has 0 spiro atoms. The number of nitrogens with two attached hydrogens (primary N) is 1. The van der Waals surface area contributed by atoms with Crippen LogP contribution in [-0.4, -0.2) is 23.9 Å². The zero-order valence-corrected chi connectivity index (χ0v) is 10.3. The van der Waals surface area contributed by atoms with Crippen molar-refractivity contribution in [3.63, 3.8) is 0 Å². The van der Waals surface area contributed by atoms with E-state index in [1.807, 2.05) is 0 Å². The number of benzene rings is 1. The Morgan fingerprint density at radius 2 is 2.11 bits per heavy atom. The fraction of sp³-hybridized carbons (Fsp3) is 0.385. The number of amides is 2. The summed E-state index contributed by atoms with van der Waals surface area (Å²) in [5.74, 6) is -0.435. The minimum atomic E-state index is -0.542. The van der Waals surface area contributed by atoms with E-state index in [-0.39, 0.29) is 11.8 Å². The van der Waals surface area contributed by atoms with Crippen molar-refractivity contribution in [3.05, 3.63) is 29.8 Å².